The number of hydrogen-bond acceptors (Lipinski definition) is 4. The second-order valence-corrected chi connectivity index (χ2v) is 9.31. The Morgan fingerprint density at radius 3 is 2.30 bits per heavy atom. The molecule has 1 saturated carbocycles. The maximum absolute atomic E-state index is 12.8. The van der Waals surface area contributed by atoms with Crippen LogP contribution in [-0.2, 0) is 16.1 Å². The van der Waals surface area contributed by atoms with E-state index in [4.69, 9.17) is 34.8 Å². The van der Waals surface area contributed by atoms with Gasteiger partial charge in [-0.15, -0.1) is 0 Å². The number of nitrogens with one attached hydrogen (secondary N) is 2. The number of nitrogens with zero attached hydrogens (tertiary/aromatic N) is 1. The molecule has 6 nitrogen and oxygen atoms in total. The molecular weight excluding hydrogens is 485 g/mol. The number of halogens is 3. The number of rotatable bonds is 6. The van der Waals surface area contributed by atoms with Crippen molar-refractivity contribution >= 4 is 58.2 Å². The minimum Gasteiger partial charge on any atom is -0.375 e. The highest BCUT2D eigenvalue weighted by Gasteiger charge is 2.41. The predicted molar refractivity (Wildman–Crippen MR) is 129 cm³/mol. The van der Waals surface area contributed by atoms with Crippen LogP contribution in [-0.4, -0.2) is 28.7 Å². The summed E-state index contributed by atoms with van der Waals surface area (Å²) in [6, 6.07) is 11.6. The first-order chi connectivity index (χ1) is 15.8. The molecule has 4 rings (SSSR count). The number of carbonyl (C=O) groups excluding carboxylic acids is 3. The van der Waals surface area contributed by atoms with E-state index in [1.165, 1.54) is 4.90 Å². The molecule has 0 bridgehead atoms. The van der Waals surface area contributed by atoms with Crippen LogP contribution in [0, 0.1) is 0 Å². The lowest BCUT2D eigenvalue weighted by molar-refractivity contribution is -0.140. The third-order valence-corrected chi connectivity index (χ3v) is 6.76. The quantitative estimate of drug-likeness (QED) is 0.508. The number of hydrogen-bond donors (Lipinski definition) is 2. The lowest BCUT2D eigenvalue weighted by Gasteiger charge is -2.29. The van der Waals surface area contributed by atoms with Crippen LogP contribution in [0.1, 0.15) is 48.0 Å². The van der Waals surface area contributed by atoms with Crippen LogP contribution in [0.4, 0.5) is 5.69 Å². The van der Waals surface area contributed by atoms with Gasteiger partial charge in [-0.3, -0.25) is 19.3 Å². The molecule has 1 aliphatic carbocycles. The summed E-state index contributed by atoms with van der Waals surface area (Å²) in [5.41, 5.74) is 1.86. The maximum atomic E-state index is 12.8. The Morgan fingerprint density at radius 1 is 0.939 bits per heavy atom. The fourth-order valence-electron chi connectivity index (χ4n) is 4.09. The summed E-state index contributed by atoms with van der Waals surface area (Å²) < 4.78 is 0. The lowest BCUT2D eigenvalue weighted by Crippen LogP contribution is -2.43. The van der Waals surface area contributed by atoms with Crippen LogP contribution in [0.5, 0.6) is 0 Å². The average Bonchev–Trinajstić information content (AvgIpc) is 3.03. The summed E-state index contributed by atoms with van der Waals surface area (Å²) in [6.07, 6.45) is 4.78. The summed E-state index contributed by atoms with van der Waals surface area (Å²) in [5.74, 6) is -1.11. The van der Waals surface area contributed by atoms with Crippen molar-refractivity contribution < 1.29 is 14.4 Å². The molecule has 9 heteroatoms. The van der Waals surface area contributed by atoms with Gasteiger partial charge in [-0.25, -0.2) is 0 Å². The molecule has 0 saturated heterocycles. The van der Waals surface area contributed by atoms with Gasteiger partial charge in [-0.05, 0) is 48.7 Å². The number of carbonyl (C=O) groups is 3. The molecule has 1 aliphatic heterocycles. The van der Waals surface area contributed by atoms with Gasteiger partial charge < -0.3 is 10.6 Å². The Balaban J connectivity index is 1.37. The zero-order valence-corrected chi connectivity index (χ0v) is 19.9. The normalized spacial score (nSPS) is 17.0. The molecule has 2 aliphatic rings. The zero-order chi connectivity index (χ0) is 23.5. The van der Waals surface area contributed by atoms with Gasteiger partial charge in [-0.2, -0.15) is 0 Å². The van der Waals surface area contributed by atoms with Gasteiger partial charge >= 0.3 is 0 Å². The SMILES string of the molecule is O=C(Nc1ccc(Cl)cc1Cl)c1ccc(CNC2=C(Cl)C(=O)N(C3CCCCC3)C2=O)cc1. The van der Waals surface area contributed by atoms with Crippen LogP contribution in [0.25, 0.3) is 0 Å². The van der Waals surface area contributed by atoms with Crippen molar-refractivity contribution in [2.75, 3.05) is 5.32 Å². The summed E-state index contributed by atoms with van der Waals surface area (Å²) in [4.78, 5) is 39.2. The first-order valence-electron chi connectivity index (χ1n) is 10.7. The van der Waals surface area contributed by atoms with Crippen LogP contribution >= 0.6 is 34.8 Å². The van der Waals surface area contributed by atoms with Gasteiger partial charge in [0.2, 0.25) is 0 Å². The molecule has 3 amide bonds. The van der Waals surface area contributed by atoms with E-state index in [1.54, 1.807) is 42.5 Å². The molecule has 0 aromatic heterocycles. The molecule has 2 aromatic rings. The van der Waals surface area contributed by atoms with Crippen LogP contribution in [0.3, 0.4) is 0 Å². The monoisotopic (exact) mass is 505 g/mol. The molecule has 1 fully saturated rings. The van der Waals surface area contributed by atoms with E-state index in [0.717, 1.165) is 37.7 Å². The molecule has 2 N–H and O–H groups in total. The van der Waals surface area contributed by atoms with Crippen LogP contribution in [0.2, 0.25) is 10.0 Å². The maximum Gasteiger partial charge on any atom is 0.278 e. The minimum atomic E-state index is -0.427. The average molecular weight is 507 g/mol. The summed E-state index contributed by atoms with van der Waals surface area (Å²) in [6.45, 7) is 0.286. The largest absolute Gasteiger partial charge is 0.375 e. The van der Waals surface area contributed by atoms with Crippen molar-refractivity contribution in [1.29, 1.82) is 0 Å². The second-order valence-electron chi connectivity index (χ2n) is 8.09. The lowest BCUT2D eigenvalue weighted by atomic mass is 9.94. The van der Waals surface area contributed by atoms with Gasteiger partial charge in [0.15, 0.2) is 0 Å². The molecule has 172 valence electrons. The smallest absolute Gasteiger partial charge is 0.278 e. The molecule has 0 unspecified atom stereocenters. The van der Waals surface area contributed by atoms with Crippen molar-refractivity contribution in [2.24, 2.45) is 0 Å². The number of anilines is 1. The highest BCUT2D eigenvalue weighted by molar-refractivity contribution is 6.47. The molecule has 0 atom stereocenters. The second kappa shape index (κ2) is 10.2. The molecule has 33 heavy (non-hydrogen) atoms. The van der Waals surface area contributed by atoms with E-state index in [-0.39, 0.29) is 35.1 Å². The number of amides is 3. The molecule has 0 spiro atoms. The van der Waals surface area contributed by atoms with E-state index in [1.807, 2.05) is 0 Å². The highest BCUT2D eigenvalue weighted by atomic mass is 35.5. The van der Waals surface area contributed by atoms with Crippen molar-refractivity contribution in [1.82, 2.24) is 10.2 Å². The van der Waals surface area contributed by atoms with Gasteiger partial charge in [0.05, 0.1) is 10.7 Å². The predicted octanol–water partition coefficient (Wildman–Crippen LogP) is 5.49. The molecule has 1 heterocycles. The summed E-state index contributed by atoms with van der Waals surface area (Å²) in [7, 11) is 0. The Labute approximate surface area is 206 Å². The van der Waals surface area contributed by atoms with Gasteiger partial charge in [0.1, 0.15) is 10.7 Å². The highest BCUT2D eigenvalue weighted by Crippen LogP contribution is 2.31. The molecule has 0 radical (unpaired) electrons. The summed E-state index contributed by atoms with van der Waals surface area (Å²) >= 11 is 18.2. The standard InChI is InChI=1S/C24H22Cl3N3O3/c25-16-10-11-19(18(26)12-16)29-22(31)15-8-6-14(7-9-15)13-28-21-20(27)23(32)30(24(21)33)17-4-2-1-3-5-17/h6-12,17,28H,1-5,13H2,(H,29,31). The Hall–Kier alpha value is -2.54. The third-order valence-electron chi connectivity index (χ3n) is 5.86. The zero-order valence-electron chi connectivity index (χ0n) is 17.7. The number of imide groups is 1. The molecule has 2 aromatic carbocycles. The van der Waals surface area contributed by atoms with E-state index >= 15 is 0 Å². The van der Waals surface area contributed by atoms with E-state index < -0.39 is 5.91 Å². The van der Waals surface area contributed by atoms with Crippen molar-refractivity contribution in [3.8, 4) is 0 Å². The van der Waals surface area contributed by atoms with Gasteiger partial charge in [0, 0.05) is 23.2 Å². The van der Waals surface area contributed by atoms with E-state index in [9.17, 15) is 14.4 Å². The Morgan fingerprint density at radius 2 is 1.64 bits per heavy atom. The fourth-order valence-corrected chi connectivity index (χ4v) is 4.79. The van der Waals surface area contributed by atoms with Crippen molar-refractivity contribution in [2.45, 2.75) is 44.7 Å². The summed E-state index contributed by atoms with van der Waals surface area (Å²) in [5, 5.41) is 6.51. The Bertz CT molecular complexity index is 1130. The minimum absolute atomic E-state index is 0.0681. The topological polar surface area (TPSA) is 78.5 Å². The third kappa shape index (κ3) is 5.18. The van der Waals surface area contributed by atoms with Crippen molar-refractivity contribution in [3.63, 3.8) is 0 Å². The fraction of sp³-hybridized carbons (Fsp3) is 0.292. The van der Waals surface area contributed by atoms with Gasteiger partial charge in [-0.1, -0.05) is 66.2 Å². The number of benzene rings is 2. The first kappa shape index (κ1) is 23.6. The van der Waals surface area contributed by atoms with Crippen LogP contribution < -0.4 is 10.6 Å². The van der Waals surface area contributed by atoms with E-state index in [0.29, 0.717) is 21.3 Å². The molecular formula is C24H22Cl3N3O3. The van der Waals surface area contributed by atoms with E-state index in [2.05, 4.69) is 10.6 Å². The first-order valence-corrected chi connectivity index (χ1v) is 11.9. The van der Waals surface area contributed by atoms with Crippen LogP contribution in [0.15, 0.2) is 53.2 Å². The van der Waals surface area contributed by atoms with Gasteiger partial charge in [0.25, 0.3) is 17.7 Å². The Kier molecular flexibility index (Phi) is 7.27. The van der Waals surface area contributed by atoms with Crippen molar-refractivity contribution in [3.05, 3.63) is 74.4 Å².